The lowest BCUT2D eigenvalue weighted by Gasteiger charge is -2.23. The molecule has 0 bridgehead atoms. The molecule has 3 aromatic rings. The van der Waals surface area contributed by atoms with Gasteiger partial charge in [0.05, 0.1) is 12.3 Å². The van der Waals surface area contributed by atoms with Gasteiger partial charge in [0.2, 0.25) is 5.91 Å². The lowest BCUT2D eigenvalue weighted by molar-refractivity contribution is -0.133. The molecule has 4 nitrogen and oxygen atoms in total. The van der Waals surface area contributed by atoms with Gasteiger partial charge in [0, 0.05) is 24.3 Å². The van der Waals surface area contributed by atoms with Gasteiger partial charge < -0.3 is 13.7 Å². The zero-order valence-electron chi connectivity index (χ0n) is 13.2. The molecule has 1 saturated carbocycles. The third-order valence-corrected chi connectivity index (χ3v) is 4.80. The van der Waals surface area contributed by atoms with Crippen LogP contribution in [0.15, 0.2) is 57.6 Å². The Morgan fingerprint density at radius 3 is 2.83 bits per heavy atom. The predicted molar refractivity (Wildman–Crippen MR) is 87.0 cm³/mol. The summed E-state index contributed by atoms with van der Waals surface area (Å²) in [5, 5.41) is 1.06. The molecular weight excluding hydrogens is 290 g/mol. The second kappa shape index (κ2) is 5.30. The first-order chi connectivity index (χ1) is 11.1. The van der Waals surface area contributed by atoms with Crippen molar-refractivity contribution in [3.05, 3.63) is 60.2 Å². The van der Waals surface area contributed by atoms with Crippen molar-refractivity contribution in [3.63, 3.8) is 0 Å². The Labute approximate surface area is 134 Å². The van der Waals surface area contributed by atoms with Crippen LogP contribution in [0, 0.1) is 5.92 Å². The molecular formula is C19H19NO3. The number of hydrogen-bond acceptors (Lipinski definition) is 3. The van der Waals surface area contributed by atoms with E-state index >= 15 is 0 Å². The molecule has 4 rings (SSSR count). The van der Waals surface area contributed by atoms with Crippen molar-refractivity contribution in [1.29, 1.82) is 0 Å². The fourth-order valence-electron chi connectivity index (χ4n) is 3.14. The Balaban J connectivity index is 1.50. The fraction of sp³-hybridized carbons (Fsp3) is 0.316. The van der Waals surface area contributed by atoms with E-state index in [0.717, 1.165) is 28.9 Å². The van der Waals surface area contributed by atoms with Crippen LogP contribution in [0.4, 0.5) is 0 Å². The number of amides is 1. The molecule has 2 aromatic heterocycles. The third kappa shape index (κ3) is 2.44. The highest BCUT2D eigenvalue weighted by Crippen LogP contribution is 2.49. The summed E-state index contributed by atoms with van der Waals surface area (Å²) in [4.78, 5) is 14.5. The number of hydrogen-bond donors (Lipinski definition) is 0. The molecule has 0 N–H and O–H groups in total. The number of fused-ring (bicyclic) bond motifs is 1. The number of nitrogens with zero attached hydrogens (tertiary/aromatic N) is 1. The van der Waals surface area contributed by atoms with E-state index in [4.69, 9.17) is 8.83 Å². The summed E-state index contributed by atoms with van der Waals surface area (Å²) >= 11 is 0. The fourth-order valence-corrected chi connectivity index (χ4v) is 3.14. The van der Waals surface area contributed by atoms with E-state index in [1.165, 1.54) is 0 Å². The van der Waals surface area contributed by atoms with Crippen LogP contribution >= 0.6 is 0 Å². The Morgan fingerprint density at radius 2 is 2.09 bits per heavy atom. The third-order valence-electron chi connectivity index (χ3n) is 4.80. The Hall–Kier alpha value is -2.49. The number of carbonyl (C=O) groups is 1. The lowest BCUT2D eigenvalue weighted by atomic mass is 10.1. The molecule has 1 aliphatic rings. The second-order valence-electron chi connectivity index (χ2n) is 6.28. The maximum Gasteiger partial charge on any atom is 0.226 e. The topological polar surface area (TPSA) is 46.6 Å². The smallest absolute Gasteiger partial charge is 0.226 e. The van der Waals surface area contributed by atoms with Gasteiger partial charge in [0.25, 0.3) is 0 Å². The number of furan rings is 2. The van der Waals surface area contributed by atoms with E-state index in [1.54, 1.807) is 11.2 Å². The molecule has 1 amide bonds. The zero-order valence-corrected chi connectivity index (χ0v) is 13.2. The van der Waals surface area contributed by atoms with Crippen LogP contribution in [0.1, 0.15) is 36.8 Å². The summed E-state index contributed by atoms with van der Waals surface area (Å²) in [7, 11) is 1.84. The average molecular weight is 309 g/mol. The molecule has 4 heteroatoms. The van der Waals surface area contributed by atoms with Gasteiger partial charge in [-0.1, -0.05) is 18.2 Å². The SMILES string of the molecule is CC(c1cc2ccccc2o1)N(C)C(=O)C1CC1c1ccco1. The maximum absolute atomic E-state index is 12.7. The van der Waals surface area contributed by atoms with Crippen LogP contribution in [-0.2, 0) is 4.79 Å². The van der Waals surface area contributed by atoms with Gasteiger partial charge in [0.1, 0.15) is 17.1 Å². The van der Waals surface area contributed by atoms with Crippen LogP contribution in [0.2, 0.25) is 0 Å². The van der Waals surface area contributed by atoms with Crippen molar-refractivity contribution in [2.45, 2.75) is 25.3 Å². The molecule has 3 atom stereocenters. The van der Waals surface area contributed by atoms with Crippen molar-refractivity contribution < 1.29 is 13.6 Å². The Kier molecular flexibility index (Phi) is 3.26. The average Bonchev–Trinajstić information content (AvgIpc) is 3.01. The Bertz CT molecular complexity index is 800. The molecule has 23 heavy (non-hydrogen) atoms. The van der Waals surface area contributed by atoms with Gasteiger partial charge in [-0.05, 0) is 37.6 Å². The minimum atomic E-state index is -0.0900. The molecule has 118 valence electrons. The van der Waals surface area contributed by atoms with Gasteiger partial charge in [-0.25, -0.2) is 0 Å². The van der Waals surface area contributed by atoms with Gasteiger partial charge in [-0.2, -0.15) is 0 Å². The highest BCUT2D eigenvalue weighted by molar-refractivity contribution is 5.83. The highest BCUT2D eigenvalue weighted by atomic mass is 16.3. The van der Waals surface area contributed by atoms with E-state index in [2.05, 4.69) is 0 Å². The van der Waals surface area contributed by atoms with Crippen molar-refractivity contribution in [1.82, 2.24) is 4.90 Å². The molecule has 1 aliphatic carbocycles. The monoisotopic (exact) mass is 309 g/mol. The second-order valence-corrected chi connectivity index (χ2v) is 6.28. The first kappa shape index (κ1) is 14.1. The molecule has 1 fully saturated rings. The van der Waals surface area contributed by atoms with Crippen LogP contribution in [0.5, 0.6) is 0 Å². The largest absolute Gasteiger partial charge is 0.469 e. The summed E-state index contributed by atoms with van der Waals surface area (Å²) in [5.41, 5.74) is 0.857. The molecule has 1 aromatic carbocycles. The molecule has 0 radical (unpaired) electrons. The summed E-state index contributed by atoms with van der Waals surface area (Å²) < 4.78 is 11.3. The number of rotatable bonds is 4. The van der Waals surface area contributed by atoms with Crippen molar-refractivity contribution in [2.24, 2.45) is 5.92 Å². The summed E-state index contributed by atoms with van der Waals surface area (Å²) in [6.07, 6.45) is 2.53. The molecule has 0 saturated heterocycles. The normalized spacial score (nSPS) is 21.3. The van der Waals surface area contributed by atoms with Crippen LogP contribution < -0.4 is 0 Å². The van der Waals surface area contributed by atoms with Crippen LogP contribution in [0.3, 0.4) is 0 Å². The van der Waals surface area contributed by atoms with Gasteiger partial charge in [-0.3, -0.25) is 4.79 Å². The van der Waals surface area contributed by atoms with Crippen LogP contribution in [0.25, 0.3) is 11.0 Å². The van der Waals surface area contributed by atoms with Crippen molar-refractivity contribution in [2.75, 3.05) is 7.05 Å². The molecule has 3 unspecified atom stereocenters. The first-order valence-corrected chi connectivity index (χ1v) is 7.93. The summed E-state index contributed by atoms with van der Waals surface area (Å²) in [6, 6.07) is 13.6. The quantitative estimate of drug-likeness (QED) is 0.720. The number of para-hydroxylation sites is 1. The minimum absolute atomic E-state index is 0.0259. The number of carbonyl (C=O) groups excluding carboxylic acids is 1. The van der Waals surface area contributed by atoms with Gasteiger partial charge >= 0.3 is 0 Å². The molecule has 0 spiro atoms. The Morgan fingerprint density at radius 1 is 1.26 bits per heavy atom. The predicted octanol–water partition coefficient (Wildman–Crippen LogP) is 4.35. The van der Waals surface area contributed by atoms with E-state index in [1.807, 2.05) is 56.4 Å². The van der Waals surface area contributed by atoms with E-state index < -0.39 is 0 Å². The molecule has 0 aliphatic heterocycles. The molecule has 2 heterocycles. The summed E-state index contributed by atoms with van der Waals surface area (Å²) in [5.74, 6) is 2.13. The minimum Gasteiger partial charge on any atom is -0.469 e. The van der Waals surface area contributed by atoms with E-state index in [-0.39, 0.29) is 23.8 Å². The van der Waals surface area contributed by atoms with Crippen molar-refractivity contribution >= 4 is 16.9 Å². The number of benzene rings is 1. The summed E-state index contributed by atoms with van der Waals surface area (Å²) in [6.45, 7) is 2.00. The van der Waals surface area contributed by atoms with Gasteiger partial charge in [0.15, 0.2) is 0 Å². The maximum atomic E-state index is 12.7. The first-order valence-electron chi connectivity index (χ1n) is 7.93. The van der Waals surface area contributed by atoms with Gasteiger partial charge in [-0.15, -0.1) is 0 Å². The lowest BCUT2D eigenvalue weighted by Crippen LogP contribution is -2.31. The van der Waals surface area contributed by atoms with Crippen molar-refractivity contribution in [3.8, 4) is 0 Å². The standard InChI is InChI=1S/C19H19NO3/c1-12(18-10-13-6-3-4-7-16(13)23-18)20(2)19(21)15-11-14(15)17-8-5-9-22-17/h3-10,12,14-15H,11H2,1-2H3. The van der Waals surface area contributed by atoms with E-state index in [0.29, 0.717) is 0 Å². The highest BCUT2D eigenvalue weighted by Gasteiger charge is 2.47. The van der Waals surface area contributed by atoms with Crippen LogP contribution in [-0.4, -0.2) is 17.9 Å². The zero-order chi connectivity index (χ0) is 16.0. The van der Waals surface area contributed by atoms with E-state index in [9.17, 15) is 4.79 Å².